The van der Waals surface area contributed by atoms with Crippen molar-refractivity contribution in [3.63, 3.8) is 0 Å². The molecule has 1 rings (SSSR count). The highest BCUT2D eigenvalue weighted by Gasteiger charge is 2.14. The van der Waals surface area contributed by atoms with E-state index in [4.69, 9.17) is 0 Å². The summed E-state index contributed by atoms with van der Waals surface area (Å²) in [5.74, 6) is 0.605. The van der Waals surface area contributed by atoms with Crippen molar-refractivity contribution in [3.05, 3.63) is 30.1 Å². The molecule has 3 nitrogen and oxygen atoms in total. The molecule has 0 spiro atoms. The number of hydrogen-bond acceptors (Lipinski definition) is 3. The summed E-state index contributed by atoms with van der Waals surface area (Å²) in [5.41, 5.74) is 1.05. The van der Waals surface area contributed by atoms with E-state index in [1.54, 1.807) is 6.92 Å². The molecule has 2 unspecified atom stereocenters. The lowest BCUT2D eigenvalue weighted by atomic mass is 10.0. The van der Waals surface area contributed by atoms with Crippen LogP contribution in [0.5, 0.6) is 0 Å². The number of nitrogens with zero attached hydrogens (tertiary/aromatic N) is 1. The van der Waals surface area contributed by atoms with Gasteiger partial charge in [0.1, 0.15) is 0 Å². The largest absolute Gasteiger partial charge is 0.392 e. The van der Waals surface area contributed by atoms with Crippen LogP contribution in [0.1, 0.15) is 38.9 Å². The summed E-state index contributed by atoms with van der Waals surface area (Å²) in [4.78, 5) is 4.37. The Bertz CT molecular complexity index is 285. The van der Waals surface area contributed by atoms with Crippen LogP contribution in [0.2, 0.25) is 0 Å². The van der Waals surface area contributed by atoms with Gasteiger partial charge in [0.05, 0.1) is 11.8 Å². The fourth-order valence-electron chi connectivity index (χ4n) is 1.67. The molecule has 16 heavy (non-hydrogen) atoms. The van der Waals surface area contributed by atoms with Gasteiger partial charge in [0.15, 0.2) is 0 Å². The quantitative estimate of drug-likeness (QED) is 0.775. The molecule has 2 atom stereocenters. The van der Waals surface area contributed by atoms with Crippen LogP contribution in [0.15, 0.2) is 24.4 Å². The van der Waals surface area contributed by atoms with E-state index in [0.717, 1.165) is 12.1 Å². The van der Waals surface area contributed by atoms with Gasteiger partial charge in [-0.25, -0.2) is 0 Å². The van der Waals surface area contributed by atoms with Gasteiger partial charge in [-0.15, -0.1) is 0 Å². The second-order valence-corrected chi connectivity index (χ2v) is 4.69. The molecular formula is C13H22N2O. The number of pyridine rings is 1. The van der Waals surface area contributed by atoms with Crippen molar-refractivity contribution in [2.24, 2.45) is 5.92 Å². The van der Waals surface area contributed by atoms with Crippen molar-refractivity contribution in [1.29, 1.82) is 0 Å². The van der Waals surface area contributed by atoms with Crippen LogP contribution in [-0.2, 0) is 0 Å². The second kappa shape index (κ2) is 6.61. The van der Waals surface area contributed by atoms with E-state index < -0.39 is 0 Å². The van der Waals surface area contributed by atoms with E-state index >= 15 is 0 Å². The molecule has 90 valence electrons. The second-order valence-electron chi connectivity index (χ2n) is 4.69. The van der Waals surface area contributed by atoms with Gasteiger partial charge in [-0.05, 0) is 31.4 Å². The van der Waals surface area contributed by atoms with Crippen molar-refractivity contribution >= 4 is 0 Å². The van der Waals surface area contributed by atoms with Gasteiger partial charge < -0.3 is 10.4 Å². The zero-order valence-corrected chi connectivity index (χ0v) is 10.4. The number of hydrogen-bond donors (Lipinski definition) is 2. The third-order valence-electron chi connectivity index (χ3n) is 2.41. The zero-order valence-electron chi connectivity index (χ0n) is 10.4. The number of aliphatic hydroxyl groups is 1. The number of rotatable bonds is 6. The van der Waals surface area contributed by atoms with Crippen LogP contribution >= 0.6 is 0 Å². The lowest BCUT2D eigenvalue weighted by Crippen LogP contribution is -2.30. The predicted molar refractivity (Wildman–Crippen MR) is 66.1 cm³/mol. The van der Waals surface area contributed by atoms with Gasteiger partial charge >= 0.3 is 0 Å². The van der Waals surface area contributed by atoms with E-state index in [0.29, 0.717) is 12.5 Å². The van der Waals surface area contributed by atoms with Crippen LogP contribution in [0.25, 0.3) is 0 Å². The molecule has 0 aliphatic rings. The zero-order chi connectivity index (χ0) is 12.0. The molecule has 1 heterocycles. The number of aliphatic hydroxyl groups excluding tert-OH is 1. The molecule has 0 bridgehead atoms. The van der Waals surface area contributed by atoms with E-state index in [9.17, 15) is 5.11 Å². The van der Waals surface area contributed by atoms with Gasteiger partial charge in [-0.3, -0.25) is 4.98 Å². The first-order valence-electron chi connectivity index (χ1n) is 5.92. The van der Waals surface area contributed by atoms with Crippen molar-refractivity contribution in [1.82, 2.24) is 10.3 Å². The Morgan fingerprint density at radius 2 is 2.06 bits per heavy atom. The normalized spacial score (nSPS) is 15.1. The first-order chi connectivity index (χ1) is 7.59. The highest BCUT2D eigenvalue weighted by molar-refractivity contribution is 5.08. The summed E-state index contributed by atoms with van der Waals surface area (Å²) < 4.78 is 0. The Morgan fingerprint density at radius 1 is 1.31 bits per heavy atom. The molecule has 0 saturated heterocycles. The van der Waals surface area contributed by atoms with Gasteiger partial charge in [-0.1, -0.05) is 19.9 Å². The van der Waals surface area contributed by atoms with Crippen molar-refractivity contribution in [2.45, 2.75) is 39.3 Å². The minimum Gasteiger partial charge on any atom is -0.392 e. The highest BCUT2D eigenvalue weighted by atomic mass is 16.3. The maximum atomic E-state index is 9.30. The summed E-state index contributed by atoms with van der Waals surface area (Å²) in [6.45, 7) is 6.78. The third-order valence-corrected chi connectivity index (χ3v) is 2.41. The summed E-state index contributed by atoms with van der Waals surface area (Å²) >= 11 is 0. The van der Waals surface area contributed by atoms with E-state index in [-0.39, 0.29) is 12.1 Å². The fourth-order valence-corrected chi connectivity index (χ4v) is 1.67. The van der Waals surface area contributed by atoms with Crippen LogP contribution in [0, 0.1) is 5.92 Å². The number of nitrogens with one attached hydrogen (secondary N) is 1. The summed E-state index contributed by atoms with van der Waals surface area (Å²) in [6.07, 6.45) is 2.52. The van der Waals surface area contributed by atoms with Crippen LogP contribution in [0.4, 0.5) is 0 Å². The number of aromatic nitrogens is 1. The Balaban J connectivity index is 2.64. The summed E-state index contributed by atoms with van der Waals surface area (Å²) in [7, 11) is 0. The molecule has 0 aliphatic heterocycles. The van der Waals surface area contributed by atoms with Gasteiger partial charge in [0.2, 0.25) is 0 Å². The van der Waals surface area contributed by atoms with Crippen molar-refractivity contribution in [2.75, 3.05) is 6.54 Å². The minimum atomic E-state index is -0.321. The standard InChI is InChI=1S/C13H22N2O/c1-10(2)8-13(15-9-11(3)16)12-6-4-5-7-14-12/h4-7,10-11,13,15-16H,8-9H2,1-3H3. The predicted octanol–water partition coefficient (Wildman–Crippen LogP) is 2.14. The van der Waals surface area contributed by atoms with E-state index in [2.05, 4.69) is 24.1 Å². The third kappa shape index (κ3) is 4.73. The van der Waals surface area contributed by atoms with Gasteiger partial charge in [0, 0.05) is 18.8 Å². The maximum Gasteiger partial charge on any atom is 0.0636 e. The van der Waals surface area contributed by atoms with Crippen LogP contribution in [0.3, 0.4) is 0 Å². The molecule has 0 aromatic carbocycles. The van der Waals surface area contributed by atoms with Crippen LogP contribution in [-0.4, -0.2) is 22.7 Å². The topological polar surface area (TPSA) is 45.1 Å². The molecule has 0 saturated carbocycles. The molecular weight excluding hydrogens is 200 g/mol. The smallest absolute Gasteiger partial charge is 0.0636 e. The molecule has 2 N–H and O–H groups in total. The Labute approximate surface area is 97.9 Å². The van der Waals surface area contributed by atoms with Crippen molar-refractivity contribution in [3.8, 4) is 0 Å². The van der Waals surface area contributed by atoms with Gasteiger partial charge in [-0.2, -0.15) is 0 Å². The summed E-state index contributed by atoms with van der Waals surface area (Å²) in [5, 5.41) is 12.7. The maximum absolute atomic E-state index is 9.30. The molecule has 0 radical (unpaired) electrons. The molecule has 0 aliphatic carbocycles. The fraction of sp³-hybridized carbons (Fsp3) is 0.615. The van der Waals surface area contributed by atoms with Crippen LogP contribution < -0.4 is 5.32 Å². The SMILES string of the molecule is CC(C)CC(NCC(C)O)c1ccccn1. The Kier molecular flexibility index (Phi) is 5.43. The first-order valence-corrected chi connectivity index (χ1v) is 5.92. The van der Waals surface area contributed by atoms with E-state index in [1.165, 1.54) is 0 Å². The lowest BCUT2D eigenvalue weighted by molar-refractivity contribution is 0.183. The van der Waals surface area contributed by atoms with E-state index in [1.807, 2.05) is 24.4 Å². The lowest BCUT2D eigenvalue weighted by Gasteiger charge is -2.21. The average molecular weight is 222 g/mol. The van der Waals surface area contributed by atoms with Crippen molar-refractivity contribution < 1.29 is 5.11 Å². The molecule has 0 amide bonds. The molecule has 1 aromatic rings. The highest BCUT2D eigenvalue weighted by Crippen LogP contribution is 2.18. The molecule has 3 heteroatoms. The van der Waals surface area contributed by atoms with Gasteiger partial charge in [0.25, 0.3) is 0 Å². The first kappa shape index (κ1) is 13.1. The average Bonchev–Trinajstić information content (AvgIpc) is 2.25. The Morgan fingerprint density at radius 3 is 2.56 bits per heavy atom. The molecule has 1 aromatic heterocycles. The monoisotopic (exact) mass is 222 g/mol. The summed E-state index contributed by atoms with van der Waals surface area (Å²) in [6, 6.07) is 6.18. The Hall–Kier alpha value is -0.930. The minimum absolute atomic E-state index is 0.232. The molecule has 0 fully saturated rings.